The van der Waals surface area contributed by atoms with Crippen LogP contribution in [0.1, 0.15) is 88.9 Å². The predicted octanol–water partition coefficient (Wildman–Crippen LogP) is 6.13. The molecule has 1 aromatic carbocycles. The van der Waals surface area contributed by atoms with E-state index in [9.17, 15) is 5.11 Å². The number of alkyl halides is 1. The molecule has 0 spiro atoms. The van der Waals surface area contributed by atoms with Crippen LogP contribution in [0.25, 0.3) is 0 Å². The van der Waals surface area contributed by atoms with Crippen LogP contribution in [0.2, 0.25) is 0 Å². The van der Waals surface area contributed by atoms with Gasteiger partial charge in [0, 0.05) is 5.38 Å². The number of hydrogen-bond acceptors (Lipinski definition) is 1. The van der Waals surface area contributed by atoms with Crippen LogP contribution < -0.4 is 0 Å². The number of aliphatic hydroxyl groups excluding tert-OH is 1. The van der Waals surface area contributed by atoms with Crippen molar-refractivity contribution in [1.82, 2.24) is 0 Å². The molecule has 3 atom stereocenters. The van der Waals surface area contributed by atoms with E-state index >= 15 is 0 Å². The molecule has 0 saturated heterocycles. The molecule has 0 bridgehead atoms. The van der Waals surface area contributed by atoms with Crippen molar-refractivity contribution in [2.24, 2.45) is 0 Å². The van der Waals surface area contributed by atoms with Crippen molar-refractivity contribution in [2.75, 3.05) is 0 Å². The summed E-state index contributed by atoms with van der Waals surface area (Å²) in [5.74, 6) is 0. The summed E-state index contributed by atoms with van der Waals surface area (Å²) in [4.78, 5) is 0. The van der Waals surface area contributed by atoms with Gasteiger partial charge in [0.15, 0.2) is 0 Å². The van der Waals surface area contributed by atoms with Crippen molar-refractivity contribution in [2.45, 2.75) is 88.5 Å². The fourth-order valence-corrected chi connectivity index (χ4v) is 4.39. The van der Waals surface area contributed by atoms with E-state index in [2.05, 4.69) is 38.1 Å². The summed E-state index contributed by atoms with van der Waals surface area (Å²) < 4.78 is 0. The van der Waals surface area contributed by atoms with E-state index in [1.165, 1.54) is 37.7 Å². The van der Waals surface area contributed by atoms with Crippen molar-refractivity contribution in [3.05, 3.63) is 35.4 Å². The van der Waals surface area contributed by atoms with Gasteiger partial charge in [-0.3, -0.25) is 0 Å². The molecule has 1 nitrogen and oxygen atoms in total. The third-order valence-corrected chi connectivity index (χ3v) is 5.64. The van der Waals surface area contributed by atoms with Gasteiger partial charge in [-0.2, -0.15) is 0 Å². The molecule has 2 heteroatoms. The second kappa shape index (κ2) is 8.36. The highest BCUT2D eigenvalue weighted by Gasteiger charge is 2.38. The maximum atomic E-state index is 10.3. The zero-order valence-electron chi connectivity index (χ0n) is 14.2. The second-order valence-corrected chi connectivity index (χ2v) is 7.62. The fourth-order valence-electron chi connectivity index (χ4n) is 3.99. The van der Waals surface area contributed by atoms with Crippen LogP contribution in [0.3, 0.4) is 0 Å². The van der Waals surface area contributed by atoms with Crippen molar-refractivity contribution < 1.29 is 5.11 Å². The van der Waals surface area contributed by atoms with Gasteiger partial charge < -0.3 is 5.11 Å². The Labute approximate surface area is 141 Å². The minimum absolute atomic E-state index is 0.271. The number of rotatable bonds is 8. The lowest BCUT2D eigenvalue weighted by atomic mass is 9.75. The minimum atomic E-state index is -0.313. The standard InChI is InChI=1S/C20H31ClO/c1-3-5-6-7-19(22)16-8-10-17(11-9-16)20(13-4-2)14-12-18(21)15-20/h8-11,18-19,22H,3-7,12-15H2,1-2H3. The first-order valence-corrected chi connectivity index (χ1v) is 9.47. The predicted molar refractivity (Wildman–Crippen MR) is 95.6 cm³/mol. The van der Waals surface area contributed by atoms with E-state index in [0.717, 1.165) is 31.2 Å². The highest BCUT2D eigenvalue weighted by molar-refractivity contribution is 6.20. The first-order chi connectivity index (χ1) is 10.6. The molecule has 22 heavy (non-hydrogen) atoms. The monoisotopic (exact) mass is 322 g/mol. The second-order valence-electron chi connectivity index (χ2n) is 7.00. The normalized spacial score (nSPS) is 26.3. The van der Waals surface area contributed by atoms with E-state index < -0.39 is 0 Å². The lowest BCUT2D eigenvalue weighted by Gasteiger charge is -2.30. The molecule has 1 aliphatic carbocycles. The molecule has 3 unspecified atom stereocenters. The maximum Gasteiger partial charge on any atom is 0.0790 e. The SMILES string of the molecule is CCCCCC(O)c1ccc(C2(CCC)CCC(Cl)C2)cc1. The maximum absolute atomic E-state index is 10.3. The Balaban J connectivity index is 2.06. The summed E-state index contributed by atoms with van der Waals surface area (Å²) in [6, 6.07) is 8.74. The molecule has 0 aromatic heterocycles. The van der Waals surface area contributed by atoms with Crippen LogP contribution in [-0.4, -0.2) is 10.5 Å². The Morgan fingerprint density at radius 1 is 1.18 bits per heavy atom. The lowest BCUT2D eigenvalue weighted by molar-refractivity contribution is 0.163. The van der Waals surface area contributed by atoms with E-state index in [-0.39, 0.29) is 11.5 Å². The molecule has 2 rings (SSSR count). The van der Waals surface area contributed by atoms with Crippen molar-refractivity contribution in [1.29, 1.82) is 0 Å². The van der Waals surface area contributed by atoms with E-state index in [1.54, 1.807) is 0 Å². The minimum Gasteiger partial charge on any atom is -0.388 e. The highest BCUT2D eigenvalue weighted by atomic mass is 35.5. The summed E-state index contributed by atoms with van der Waals surface area (Å²) in [5.41, 5.74) is 2.75. The topological polar surface area (TPSA) is 20.2 Å². The third kappa shape index (κ3) is 4.26. The molecule has 0 radical (unpaired) electrons. The average molecular weight is 323 g/mol. The Bertz CT molecular complexity index is 438. The first-order valence-electron chi connectivity index (χ1n) is 9.04. The number of hydrogen-bond donors (Lipinski definition) is 1. The van der Waals surface area contributed by atoms with E-state index in [0.29, 0.717) is 5.38 Å². The van der Waals surface area contributed by atoms with Gasteiger partial charge in [0.2, 0.25) is 0 Å². The third-order valence-electron chi connectivity index (χ3n) is 5.27. The smallest absolute Gasteiger partial charge is 0.0790 e. The van der Waals surface area contributed by atoms with Crippen molar-refractivity contribution in [3.63, 3.8) is 0 Å². The molecule has 1 aliphatic rings. The average Bonchev–Trinajstić information content (AvgIpc) is 2.90. The number of unbranched alkanes of at least 4 members (excludes halogenated alkanes) is 2. The Morgan fingerprint density at radius 2 is 1.91 bits per heavy atom. The Hall–Kier alpha value is -0.530. The Morgan fingerprint density at radius 3 is 2.45 bits per heavy atom. The van der Waals surface area contributed by atoms with Gasteiger partial charge >= 0.3 is 0 Å². The molecule has 0 heterocycles. The number of aliphatic hydroxyl groups is 1. The molecule has 1 fully saturated rings. The van der Waals surface area contributed by atoms with Crippen LogP contribution in [0.15, 0.2) is 24.3 Å². The highest BCUT2D eigenvalue weighted by Crippen LogP contribution is 2.46. The zero-order chi connectivity index (χ0) is 16.0. The molecule has 1 N–H and O–H groups in total. The molecule has 124 valence electrons. The van der Waals surface area contributed by atoms with Crippen LogP contribution >= 0.6 is 11.6 Å². The van der Waals surface area contributed by atoms with Crippen LogP contribution in [0, 0.1) is 0 Å². The van der Waals surface area contributed by atoms with Gasteiger partial charge in [-0.15, -0.1) is 11.6 Å². The molecule has 1 aromatic rings. The van der Waals surface area contributed by atoms with Crippen LogP contribution in [-0.2, 0) is 5.41 Å². The van der Waals surface area contributed by atoms with Gasteiger partial charge in [0.25, 0.3) is 0 Å². The molecular formula is C20H31ClO. The largest absolute Gasteiger partial charge is 0.388 e. The summed E-state index contributed by atoms with van der Waals surface area (Å²) in [6.07, 6.45) is 9.91. The van der Waals surface area contributed by atoms with Crippen molar-refractivity contribution >= 4 is 11.6 Å². The summed E-state index contributed by atoms with van der Waals surface area (Å²) in [7, 11) is 0. The van der Waals surface area contributed by atoms with Crippen molar-refractivity contribution in [3.8, 4) is 0 Å². The van der Waals surface area contributed by atoms with Crippen LogP contribution in [0.4, 0.5) is 0 Å². The molecule has 1 saturated carbocycles. The van der Waals surface area contributed by atoms with Gasteiger partial charge in [0.05, 0.1) is 6.10 Å². The Kier molecular flexibility index (Phi) is 6.77. The van der Waals surface area contributed by atoms with Gasteiger partial charge in [-0.1, -0.05) is 63.8 Å². The zero-order valence-corrected chi connectivity index (χ0v) is 14.9. The van der Waals surface area contributed by atoms with E-state index in [4.69, 9.17) is 11.6 Å². The van der Waals surface area contributed by atoms with Gasteiger partial charge in [-0.05, 0) is 48.6 Å². The molecule has 0 aliphatic heterocycles. The van der Waals surface area contributed by atoms with Gasteiger partial charge in [0.1, 0.15) is 0 Å². The van der Waals surface area contributed by atoms with Crippen LogP contribution in [0.5, 0.6) is 0 Å². The summed E-state index contributed by atoms with van der Waals surface area (Å²) >= 11 is 6.39. The summed E-state index contributed by atoms with van der Waals surface area (Å²) in [6.45, 7) is 4.45. The first kappa shape index (κ1) is 17.8. The van der Waals surface area contributed by atoms with E-state index in [1.807, 2.05) is 0 Å². The number of halogens is 1. The van der Waals surface area contributed by atoms with Gasteiger partial charge in [-0.25, -0.2) is 0 Å². The fraction of sp³-hybridized carbons (Fsp3) is 0.700. The quantitative estimate of drug-likeness (QED) is 0.451. The number of benzene rings is 1. The lowest BCUT2D eigenvalue weighted by Crippen LogP contribution is -2.22. The molecular weight excluding hydrogens is 292 g/mol. The molecule has 0 amide bonds. The summed E-state index contributed by atoms with van der Waals surface area (Å²) in [5, 5.41) is 10.6.